The van der Waals surface area contributed by atoms with E-state index in [1.54, 1.807) is 6.07 Å². The van der Waals surface area contributed by atoms with Crippen LogP contribution in [0.3, 0.4) is 0 Å². The number of nitrogens with two attached hydrogens (primary N) is 1. The summed E-state index contributed by atoms with van der Waals surface area (Å²) in [5.41, 5.74) is 7.71. The Morgan fingerprint density at radius 3 is 2.83 bits per heavy atom. The summed E-state index contributed by atoms with van der Waals surface area (Å²) < 4.78 is 5.55. The first-order chi connectivity index (χ1) is 8.60. The first-order valence-electron chi connectivity index (χ1n) is 6.12. The van der Waals surface area contributed by atoms with Crippen molar-refractivity contribution in [2.24, 2.45) is 5.92 Å². The summed E-state index contributed by atoms with van der Waals surface area (Å²) in [4.78, 5) is 4.29. The Kier molecular flexibility index (Phi) is 3.72. The molecule has 1 unspecified atom stereocenters. The third-order valence-corrected chi connectivity index (χ3v) is 2.75. The highest BCUT2D eigenvalue weighted by molar-refractivity contribution is 5.86. The maximum absolute atomic E-state index is 9.31. The van der Waals surface area contributed by atoms with Gasteiger partial charge in [-0.3, -0.25) is 0 Å². The number of benzene rings is 1. The van der Waals surface area contributed by atoms with E-state index in [1.807, 2.05) is 12.1 Å². The number of aliphatic hydroxyl groups is 1. The van der Waals surface area contributed by atoms with Gasteiger partial charge in [0.1, 0.15) is 5.52 Å². The molecule has 0 saturated carbocycles. The van der Waals surface area contributed by atoms with Crippen molar-refractivity contribution in [3.8, 4) is 0 Å². The lowest BCUT2D eigenvalue weighted by molar-refractivity contribution is 0.257. The average Bonchev–Trinajstić information content (AvgIpc) is 2.71. The van der Waals surface area contributed by atoms with E-state index in [0.29, 0.717) is 28.7 Å². The minimum atomic E-state index is -0.0562. The van der Waals surface area contributed by atoms with E-state index in [1.165, 1.54) is 0 Å². The zero-order valence-electron chi connectivity index (χ0n) is 10.7. The SMILES string of the molecule is CC(C)CC(CO)Nc1nc2c(N)cccc2o1. The molecular weight excluding hydrogens is 230 g/mol. The maximum Gasteiger partial charge on any atom is 0.296 e. The predicted octanol–water partition coefficient (Wildman–Crippen LogP) is 2.23. The van der Waals surface area contributed by atoms with Crippen molar-refractivity contribution in [3.63, 3.8) is 0 Å². The Morgan fingerprint density at radius 1 is 1.44 bits per heavy atom. The van der Waals surface area contributed by atoms with Gasteiger partial charge in [-0.05, 0) is 24.5 Å². The maximum atomic E-state index is 9.31. The minimum absolute atomic E-state index is 0.0480. The molecule has 0 aliphatic rings. The number of hydrogen-bond donors (Lipinski definition) is 3. The molecule has 0 amide bonds. The molecule has 2 aromatic rings. The van der Waals surface area contributed by atoms with E-state index in [0.717, 1.165) is 6.42 Å². The van der Waals surface area contributed by atoms with E-state index in [-0.39, 0.29) is 12.6 Å². The Balaban J connectivity index is 2.18. The Hall–Kier alpha value is -1.75. The van der Waals surface area contributed by atoms with Gasteiger partial charge in [0.05, 0.1) is 18.3 Å². The molecule has 0 radical (unpaired) electrons. The van der Waals surface area contributed by atoms with Gasteiger partial charge in [-0.1, -0.05) is 19.9 Å². The van der Waals surface area contributed by atoms with E-state index < -0.39 is 0 Å². The van der Waals surface area contributed by atoms with Crippen LogP contribution in [-0.4, -0.2) is 22.7 Å². The quantitative estimate of drug-likeness (QED) is 0.708. The van der Waals surface area contributed by atoms with E-state index in [9.17, 15) is 5.11 Å². The first-order valence-corrected chi connectivity index (χ1v) is 6.12. The lowest BCUT2D eigenvalue weighted by Crippen LogP contribution is -2.25. The van der Waals surface area contributed by atoms with Gasteiger partial charge in [0.25, 0.3) is 6.01 Å². The molecule has 1 aromatic heterocycles. The number of aliphatic hydroxyl groups excluding tert-OH is 1. The van der Waals surface area contributed by atoms with Crippen molar-refractivity contribution in [1.29, 1.82) is 0 Å². The molecule has 18 heavy (non-hydrogen) atoms. The van der Waals surface area contributed by atoms with Crippen molar-refractivity contribution in [3.05, 3.63) is 18.2 Å². The standard InChI is InChI=1S/C13H19N3O2/c1-8(2)6-9(7-17)15-13-16-12-10(14)4-3-5-11(12)18-13/h3-5,8-9,17H,6-7,14H2,1-2H3,(H,15,16). The zero-order valence-corrected chi connectivity index (χ0v) is 10.7. The molecule has 0 spiro atoms. The second-order valence-electron chi connectivity index (χ2n) is 4.87. The van der Waals surface area contributed by atoms with Crippen LogP contribution in [0.1, 0.15) is 20.3 Å². The monoisotopic (exact) mass is 249 g/mol. The summed E-state index contributed by atoms with van der Waals surface area (Å²) in [6, 6.07) is 5.78. The predicted molar refractivity (Wildman–Crippen MR) is 72.4 cm³/mol. The fourth-order valence-corrected chi connectivity index (χ4v) is 1.95. The van der Waals surface area contributed by atoms with Crippen LogP contribution in [-0.2, 0) is 0 Å². The van der Waals surface area contributed by atoms with Crippen molar-refractivity contribution < 1.29 is 9.52 Å². The number of anilines is 2. The number of aromatic nitrogens is 1. The van der Waals surface area contributed by atoms with Crippen LogP contribution in [0, 0.1) is 5.92 Å². The summed E-state index contributed by atoms with van der Waals surface area (Å²) in [7, 11) is 0. The van der Waals surface area contributed by atoms with Crippen LogP contribution in [0.15, 0.2) is 22.6 Å². The molecule has 0 bridgehead atoms. The summed E-state index contributed by atoms with van der Waals surface area (Å²) in [6.07, 6.45) is 0.852. The van der Waals surface area contributed by atoms with Gasteiger partial charge < -0.3 is 20.6 Å². The van der Waals surface area contributed by atoms with Crippen LogP contribution in [0.2, 0.25) is 0 Å². The third-order valence-electron chi connectivity index (χ3n) is 2.75. The van der Waals surface area contributed by atoms with Crippen LogP contribution in [0.5, 0.6) is 0 Å². The topological polar surface area (TPSA) is 84.3 Å². The Labute approximate surface area is 106 Å². The molecule has 2 rings (SSSR count). The fourth-order valence-electron chi connectivity index (χ4n) is 1.95. The number of hydrogen-bond acceptors (Lipinski definition) is 5. The zero-order chi connectivity index (χ0) is 13.1. The summed E-state index contributed by atoms with van der Waals surface area (Å²) in [5.74, 6) is 0.490. The summed E-state index contributed by atoms with van der Waals surface area (Å²) >= 11 is 0. The first kappa shape index (κ1) is 12.7. The molecule has 98 valence electrons. The number of rotatable bonds is 5. The van der Waals surface area contributed by atoms with Gasteiger partial charge in [-0.25, -0.2) is 0 Å². The molecule has 0 aliphatic heterocycles. The molecule has 5 heteroatoms. The molecule has 1 heterocycles. The molecule has 5 nitrogen and oxygen atoms in total. The number of nitrogens with one attached hydrogen (secondary N) is 1. The lowest BCUT2D eigenvalue weighted by Gasteiger charge is -2.16. The number of oxazole rings is 1. The number of fused-ring (bicyclic) bond motifs is 1. The average molecular weight is 249 g/mol. The van der Waals surface area contributed by atoms with Gasteiger partial charge >= 0.3 is 0 Å². The molecule has 0 saturated heterocycles. The van der Waals surface area contributed by atoms with Gasteiger partial charge in [-0.15, -0.1) is 0 Å². The highest BCUT2D eigenvalue weighted by atomic mass is 16.4. The van der Waals surface area contributed by atoms with E-state index in [2.05, 4.69) is 24.1 Å². The van der Waals surface area contributed by atoms with Crippen LogP contribution < -0.4 is 11.1 Å². The second kappa shape index (κ2) is 5.27. The van der Waals surface area contributed by atoms with E-state index >= 15 is 0 Å². The largest absolute Gasteiger partial charge is 0.423 e. The number of nitrogens with zero attached hydrogens (tertiary/aromatic N) is 1. The smallest absolute Gasteiger partial charge is 0.296 e. The Bertz CT molecular complexity index is 522. The number of para-hydroxylation sites is 1. The van der Waals surface area contributed by atoms with Crippen LogP contribution in [0.25, 0.3) is 11.1 Å². The fraction of sp³-hybridized carbons (Fsp3) is 0.462. The van der Waals surface area contributed by atoms with Crippen molar-refractivity contribution in [2.45, 2.75) is 26.3 Å². The minimum Gasteiger partial charge on any atom is -0.423 e. The molecule has 4 N–H and O–H groups in total. The van der Waals surface area contributed by atoms with Crippen molar-refractivity contribution in [2.75, 3.05) is 17.7 Å². The molecule has 1 aromatic carbocycles. The Morgan fingerprint density at radius 2 is 2.22 bits per heavy atom. The summed E-state index contributed by atoms with van der Waals surface area (Å²) in [6.45, 7) is 4.26. The molecule has 0 fully saturated rings. The molecule has 1 atom stereocenters. The van der Waals surface area contributed by atoms with Crippen molar-refractivity contribution in [1.82, 2.24) is 4.98 Å². The second-order valence-corrected chi connectivity index (χ2v) is 4.87. The van der Waals surface area contributed by atoms with Gasteiger partial charge in [0.2, 0.25) is 0 Å². The van der Waals surface area contributed by atoms with Gasteiger partial charge in [0, 0.05) is 0 Å². The summed E-state index contributed by atoms with van der Waals surface area (Å²) in [5, 5.41) is 12.4. The highest BCUT2D eigenvalue weighted by Gasteiger charge is 2.14. The van der Waals surface area contributed by atoms with Gasteiger partial charge in [0.15, 0.2) is 5.58 Å². The van der Waals surface area contributed by atoms with Crippen LogP contribution >= 0.6 is 0 Å². The molecule has 0 aliphatic carbocycles. The third kappa shape index (κ3) is 2.73. The van der Waals surface area contributed by atoms with E-state index in [4.69, 9.17) is 10.2 Å². The number of nitrogen functional groups attached to an aromatic ring is 1. The van der Waals surface area contributed by atoms with Gasteiger partial charge in [-0.2, -0.15) is 4.98 Å². The van der Waals surface area contributed by atoms with Crippen LogP contribution in [0.4, 0.5) is 11.7 Å². The lowest BCUT2D eigenvalue weighted by atomic mass is 10.0. The molecular formula is C13H19N3O2. The van der Waals surface area contributed by atoms with Crippen molar-refractivity contribution >= 4 is 22.8 Å². The normalized spacial score (nSPS) is 13.1. The highest BCUT2D eigenvalue weighted by Crippen LogP contribution is 2.24.